The molecule has 102 valence electrons. The van der Waals surface area contributed by atoms with E-state index in [1.807, 2.05) is 0 Å². The molecule has 0 radical (unpaired) electrons. The molecule has 0 aromatic heterocycles. The predicted octanol–water partition coefficient (Wildman–Crippen LogP) is 0.146. The average molecular weight is 253 g/mol. The van der Waals surface area contributed by atoms with Crippen LogP contribution in [-0.4, -0.2) is 30.9 Å². The maximum atomic E-state index is 11.9. The second-order valence-corrected chi connectivity index (χ2v) is 5.48. The van der Waals surface area contributed by atoms with E-state index in [-0.39, 0.29) is 29.7 Å². The fourth-order valence-electron chi connectivity index (χ4n) is 2.47. The smallest absolute Gasteiger partial charge is 0.223 e. The van der Waals surface area contributed by atoms with Gasteiger partial charge in [-0.1, -0.05) is 6.42 Å². The van der Waals surface area contributed by atoms with Gasteiger partial charge < -0.3 is 16.4 Å². The van der Waals surface area contributed by atoms with Crippen molar-refractivity contribution in [2.45, 2.75) is 44.6 Å². The lowest BCUT2D eigenvalue weighted by Gasteiger charge is -2.25. The van der Waals surface area contributed by atoms with Crippen LogP contribution in [0.1, 0.15) is 38.5 Å². The van der Waals surface area contributed by atoms with Crippen molar-refractivity contribution in [3.63, 3.8) is 0 Å². The van der Waals surface area contributed by atoms with E-state index in [2.05, 4.69) is 10.6 Å². The Kier molecular flexibility index (Phi) is 4.58. The first kappa shape index (κ1) is 13.3. The van der Waals surface area contributed by atoms with Crippen LogP contribution in [0.5, 0.6) is 0 Å². The summed E-state index contributed by atoms with van der Waals surface area (Å²) >= 11 is 0. The first-order valence-electron chi connectivity index (χ1n) is 6.98. The van der Waals surface area contributed by atoms with Crippen molar-refractivity contribution < 1.29 is 9.59 Å². The van der Waals surface area contributed by atoms with Crippen molar-refractivity contribution in [1.82, 2.24) is 10.6 Å². The lowest BCUT2D eigenvalue weighted by Crippen LogP contribution is -2.41. The van der Waals surface area contributed by atoms with Gasteiger partial charge in [0.25, 0.3) is 0 Å². The van der Waals surface area contributed by atoms with Gasteiger partial charge in [-0.15, -0.1) is 0 Å². The van der Waals surface area contributed by atoms with E-state index in [4.69, 9.17) is 5.73 Å². The molecular weight excluding hydrogens is 230 g/mol. The standard InChI is InChI=1S/C13H23N3O2/c14-11-3-1-2-10(8-11)13(18)16-7-6-15-12(17)9-4-5-9/h9-11H,1-8,14H2,(H,15,17)(H,16,18). The number of rotatable bonds is 5. The molecule has 0 bridgehead atoms. The Morgan fingerprint density at radius 3 is 2.11 bits per heavy atom. The largest absolute Gasteiger partial charge is 0.354 e. The molecule has 5 nitrogen and oxygen atoms in total. The topological polar surface area (TPSA) is 84.2 Å². The molecule has 5 heteroatoms. The van der Waals surface area contributed by atoms with Gasteiger partial charge in [-0.2, -0.15) is 0 Å². The molecule has 2 amide bonds. The molecule has 0 aliphatic heterocycles. The van der Waals surface area contributed by atoms with Crippen LogP contribution in [0.25, 0.3) is 0 Å². The summed E-state index contributed by atoms with van der Waals surface area (Å²) in [7, 11) is 0. The summed E-state index contributed by atoms with van der Waals surface area (Å²) in [4.78, 5) is 23.2. The van der Waals surface area contributed by atoms with Crippen LogP contribution in [0.2, 0.25) is 0 Å². The number of carbonyl (C=O) groups excluding carboxylic acids is 2. The summed E-state index contributed by atoms with van der Waals surface area (Å²) in [5.41, 5.74) is 5.86. The molecule has 2 saturated carbocycles. The lowest BCUT2D eigenvalue weighted by atomic mass is 9.85. The molecule has 2 fully saturated rings. The van der Waals surface area contributed by atoms with Crippen LogP contribution in [0.3, 0.4) is 0 Å². The highest BCUT2D eigenvalue weighted by atomic mass is 16.2. The van der Waals surface area contributed by atoms with Crippen molar-refractivity contribution in [3.05, 3.63) is 0 Å². The van der Waals surface area contributed by atoms with E-state index in [1.165, 1.54) is 0 Å². The highest BCUT2D eigenvalue weighted by Crippen LogP contribution is 2.28. The molecule has 2 aliphatic carbocycles. The fourth-order valence-corrected chi connectivity index (χ4v) is 2.47. The molecule has 2 rings (SSSR count). The summed E-state index contributed by atoms with van der Waals surface area (Å²) in [6.45, 7) is 1.04. The van der Waals surface area contributed by atoms with Crippen LogP contribution < -0.4 is 16.4 Å². The third kappa shape index (κ3) is 3.98. The zero-order chi connectivity index (χ0) is 13.0. The van der Waals surface area contributed by atoms with Crippen molar-refractivity contribution in [1.29, 1.82) is 0 Å². The van der Waals surface area contributed by atoms with Crippen molar-refractivity contribution in [3.8, 4) is 0 Å². The third-order valence-electron chi connectivity index (χ3n) is 3.76. The second-order valence-electron chi connectivity index (χ2n) is 5.48. The van der Waals surface area contributed by atoms with Gasteiger partial charge in [-0.3, -0.25) is 9.59 Å². The van der Waals surface area contributed by atoms with Crippen LogP contribution in [0.15, 0.2) is 0 Å². The van der Waals surface area contributed by atoms with Crippen LogP contribution in [-0.2, 0) is 9.59 Å². The first-order valence-corrected chi connectivity index (χ1v) is 6.98. The lowest BCUT2D eigenvalue weighted by molar-refractivity contribution is -0.126. The summed E-state index contributed by atoms with van der Waals surface area (Å²) in [5.74, 6) is 0.514. The summed E-state index contributed by atoms with van der Waals surface area (Å²) < 4.78 is 0. The van der Waals surface area contributed by atoms with Crippen LogP contribution >= 0.6 is 0 Å². The van der Waals surface area contributed by atoms with Gasteiger partial charge in [-0.25, -0.2) is 0 Å². The van der Waals surface area contributed by atoms with Crippen molar-refractivity contribution in [2.24, 2.45) is 17.6 Å². The molecule has 0 saturated heterocycles. The predicted molar refractivity (Wildman–Crippen MR) is 68.7 cm³/mol. The second kappa shape index (κ2) is 6.18. The Bertz CT molecular complexity index is 315. The minimum absolute atomic E-state index is 0.0629. The number of nitrogens with one attached hydrogen (secondary N) is 2. The summed E-state index contributed by atoms with van der Waals surface area (Å²) in [5, 5.41) is 5.71. The molecule has 2 unspecified atom stereocenters. The number of hydrogen-bond donors (Lipinski definition) is 3. The highest BCUT2D eigenvalue weighted by molar-refractivity contribution is 5.81. The quantitative estimate of drug-likeness (QED) is 0.610. The van der Waals surface area contributed by atoms with Crippen LogP contribution in [0, 0.1) is 11.8 Å². The van der Waals surface area contributed by atoms with E-state index in [9.17, 15) is 9.59 Å². The minimum atomic E-state index is 0.0629. The van der Waals surface area contributed by atoms with E-state index < -0.39 is 0 Å². The highest BCUT2D eigenvalue weighted by Gasteiger charge is 2.29. The van der Waals surface area contributed by atoms with Gasteiger partial charge in [-0.05, 0) is 32.1 Å². The Morgan fingerprint density at radius 1 is 0.944 bits per heavy atom. The molecular formula is C13H23N3O2. The number of nitrogens with two attached hydrogens (primary N) is 1. The van der Waals surface area contributed by atoms with E-state index in [0.29, 0.717) is 13.1 Å². The Morgan fingerprint density at radius 2 is 1.56 bits per heavy atom. The Hall–Kier alpha value is -1.10. The number of carbonyl (C=O) groups is 2. The molecule has 2 atom stereocenters. The number of hydrogen-bond acceptors (Lipinski definition) is 3. The normalized spacial score (nSPS) is 27.6. The first-order chi connectivity index (χ1) is 8.66. The SMILES string of the molecule is NC1CCCC(C(=O)NCCNC(=O)C2CC2)C1. The third-order valence-corrected chi connectivity index (χ3v) is 3.76. The molecule has 4 N–H and O–H groups in total. The Labute approximate surface area is 108 Å². The maximum absolute atomic E-state index is 11.9. The van der Waals surface area contributed by atoms with Crippen molar-refractivity contribution >= 4 is 11.8 Å². The van der Waals surface area contributed by atoms with E-state index >= 15 is 0 Å². The Balaban J connectivity index is 1.57. The van der Waals surface area contributed by atoms with E-state index in [1.54, 1.807) is 0 Å². The van der Waals surface area contributed by atoms with Crippen molar-refractivity contribution in [2.75, 3.05) is 13.1 Å². The minimum Gasteiger partial charge on any atom is -0.354 e. The van der Waals surface area contributed by atoms with Crippen LogP contribution in [0.4, 0.5) is 0 Å². The van der Waals surface area contributed by atoms with Gasteiger partial charge in [0, 0.05) is 31.0 Å². The van der Waals surface area contributed by atoms with Gasteiger partial charge in [0.05, 0.1) is 0 Å². The fraction of sp³-hybridized carbons (Fsp3) is 0.846. The molecule has 0 heterocycles. The monoisotopic (exact) mass is 253 g/mol. The van der Waals surface area contributed by atoms with Gasteiger partial charge in [0.2, 0.25) is 11.8 Å². The molecule has 2 aliphatic rings. The van der Waals surface area contributed by atoms with Gasteiger partial charge in [0.15, 0.2) is 0 Å². The average Bonchev–Trinajstić information content (AvgIpc) is 3.18. The molecule has 0 spiro atoms. The molecule has 0 aromatic carbocycles. The molecule has 18 heavy (non-hydrogen) atoms. The summed E-state index contributed by atoms with van der Waals surface area (Å²) in [6, 6.07) is 0.170. The molecule has 0 aromatic rings. The zero-order valence-electron chi connectivity index (χ0n) is 10.8. The zero-order valence-corrected chi connectivity index (χ0v) is 10.8. The van der Waals surface area contributed by atoms with E-state index in [0.717, 1.165) is 38.5 Å². The summed E-state index contributed by atoms with van der Waals surface area (Å²) in [6.07, 6.45) is 5.82. The van der Waals surface area contributed by atoms with Gasteiger partial charge >= 0.3 is 0 Å². The maximum Gasteiger partial charge on any atom is 0.223 e. The van der Waals surface area contributed by atoms with Gasteiger partial charge in [0.1, 0.15) is 0 Å². The number of amides is 2.